The lowest BCUT2D eigenvalue weighted by molar-refractivity contribution is -0.141. The van der Waals surface area contributed by atoms with Crippen molar-refractivity contribution in [3.05, 3.63) is 52.2 Å². The molecule has 10 heteroatoms. The van der Waals surface area contributed by atoms with Crippen molar-refractivity contribution >= 4 is 23.4 Å². The largest absolute Gasteiger partial charge is 0.433 e. The van der Waals surface area contributed by atoms with Crippen LogP contribution in [0.3, 0.4) is 0 Å². The number of aromatic nitrogens is 2. The Labute approximate surface area is 131 Å². The first-order valence-electron chi connectivity index (χ1n) is 6.11. The number of hydrogen-bond donors (Lipinski definition) is 2. The van der Waals surface area contributed by atoms with E-state index in [2.05, 4.69) is 15.3 Å². The second-order valence-electron chi connectivity index (χ2n) is 4.28. The molecule has 1 aromatic carbocycles. The maximum absolute atomic E-state index is 13.0. The highest BCUT2D eigenvalue weighted by atomic mass is 32.2. The van der Waals surface area contributed by atoms with Crippen LogP contribution >= 0.6 is 11.8 Å². The second kappa shape index (κ2) is 6.82. The Morgan fingerprint density at radius 1 is 1.30 bits per heavy atom. The topological polar surface area (TPSA) is 74.8 Å². The number of amides is 1. The fraction of sp³-hybridized carbons (Fsp3) is 0.154. The standard InChI is InChI=1S/C13H9F4N3O2S/c14-7-2-1-3-8(4-7)18-11(22)6-23-12-19-9(13(15,16)17)5-10(21)20-12/h1-5H,6H2,(H,18,22)(H,19,20,21). The Hall–Kier alpha value is -2.36. The van der Waals surface area contributed by atoms with Crippen molar-refractivity contribution in [2.45, 2.75) is 11.3 Å². The summed E-state index contributed by atoms with van der Waals surface area (Å²) >= 11 is 0.624. The zero-order valence-electron chi connectivity index (χ0n) is 11.3. The number of hydrogen-bond acceptors (Lipinski definition) is 4. The van der Waals surface area contributed by atoms with Gasteiger partial charge in [0.15, 0.2) is 10.9 Å². The lowest BCUT2D eigenvalue weighted by Crippen LogP contribution is -2.18. The van der Waals surface area contributed by atoms with Crippen molar-refractivity contribution in [3.63, 3.8) is 0 Å². The van der Waals surface area contributed by atoms with Crippen LogP contribution in [0, 0.1) is 5.82 Å². The molecule has 0 atom stereocenters. The van der Waals surface area contributed by atoms with Gasteiger partial charge in [0, 0.05) is 11.8 Å². The number of benzene rings is 1. The van der Waals surface area contributed by atoms with Crippen molar-refractivity contribution in [2.75, 3.05) is 11.1 Å². The molecule has 2 rings (SSSR count). The lowest BCUT2D eigenvalue weighted by atomic mass is 10.3. The highest BCUT2D eigenvalue weighted by Gasteiger charge is 2.33. The van der Waals surface area contributed by atoms with Gasteiger partial charge in [0.2, 0.25) is 5.91 Å². The van der Waals surface area contributed by atoms with Gasteiger partial charge in [-0.25, -0.2) is 9.37 Å². The van der Waals surface area contributed by atoms with Gasteiger partial charge in [-0.05, 0) is 18.2 Å². The number of aromatic amines is 1. The van der Waals surface area contributed by atoms with Crippen LogP contribution in [0.1, 0.15) is 5.69 Å². The van der Waals surface area contributed by atoms with Crippen LogP contribution in [-0.2, 0) is 11.0 Å². The van der Waals surface area contributed by atoms with Crippen molar-refractivity contribution in [1.29, 1.82) is 0 Å². The molecule has 1 amide bonds. The first-order chi connectivity index (χ1) is 10.7. The molecule has 0 fully saturated rings. The van der Waals surface area contributed by atoms with E-state index in [4.69, 9.17) is 0 Å². The van der Waals surface area contributed by atoms with Crippen molar-refractivity contribution in [2.24, 2.45) is 0 Å². The summed E-state index contributed by atoms with van der Waals surface area (Å²) in [7, 11) is 0. The summed E-state index contributed by atoms with van der Waals surface area (Å²) in [5, 5.41) is 2.04. The third-order valence-electron chi connectivity index (χ3n) is 2.46. The summed E-state index contributed by atoms with van der Waals surface area (Å²) in [5.74, 6) is -1.43. The summed E-state index contributed by atoms with van der Waals surface area (Å²) in [5.41, 5.74) is -2.10. The van der Waals surface area contributed by atoms with Crippen molar-refractivity contribution in [1.82, 2.24) is 9.97 Å². The van der Waals surface area contributed by atoms with Crippen LogP contribution in [-0.4, -0.2) is 21.6 Å². The molecule has 23 heavy (non-hydrogen) atoms. The zero-order valence-corrected chi connectivity index (χ0v) is 12.1. The molecule has 1 heterocycles. The van der Waals surface area contributed by atoms with E-state index in [-0.39, 0.29) is 16.6 Å². The number of rotatable bonds is 4. The molecule has 0 saturated carbocycles. The summed E-state index contributed by atoms with van der Waals surface area (Å²) in [6.07, 6.45) is -4.76. The fourth-order valence-electron chi connectivity index (χ4n) is 1.55. The van der Waals surface area contributed by atoms with Gasteiger partial charge in [-0.1, -0.05) is 17.8 Å². The third-order valence-corrected chi connectivity index (χ3v) is 3.33. The van der Waals surface area contributed by atoms with E-state index in [1.807, 2.05) is 0 Å². The van der Waals surface area contributed by atoms with E-state index < -0.39 is 29.2 Å². The maximum Gasteiger partial charge on any atom is 0.433 e. The van der Waals surface area contributed by atoms with E-state index in [1.54, 1.807) is 0 Å². The molecule has 2 N–H and O–H groups in total. The average Bonchev–Trinajstić information content (AvgIpc) is 2.44. The zero-order chi connectivity index (χ0) is 17.0. The number of nitrogens with zero attached hydrogens (tertiary/aromatic N) is 1. The summed E-state index contributed by atoms with van der Waals surface area (Å²) < 4.78 is 50.6. The molecular weight excluding hydrogens is 338 g/mol. The molecule has 122 valence electrons. The first-order valence-corrected chi connectivity index (χ1v) is 7.09. The molecule has 0 radical (unpaired) electrons. The molecule has 1 aromatic heterocycles. The SMILES string of the molecule is O=C(CSc1nc(C(F)(F)F)cc(=O)[nH]1)Nc1cccc(F)c1. The molecule has 0 saturated heterocycles. The fourth-order valence-corrected chi connectivity index (χ4v) is 2.22. The molecule has 5 nitrogen and oxygen atoms in total. The van der Waals surface area contributed by atoms with Crippen LogP contribution in [0.2, 0.25) is 0 Å². The van der Waals surface area contributed by atoms with E-state index in [0.717, 1.165) is 6.07 Å². The number of H-pyrrole nitrogens is 1. The normalized spacial score (nSPS) is 11.3. The van der Waals surface area contributed by atoms with Gasteiger partial charge in [0.25, 0.3) is 5.56 Å². The van der Waals surface area contributed by atoms with Gasteiger partial charge >= 0.3 is 6.18 Å². The number of nitrogens with one attached hydrogen (secondary N) is 2. The molecule has 0 aliphatic heterocycles. The smallest absolute Gasteiger partial charge is 0.325 e. The molecule has 0 spiro atoms. The highest BCUT2D eigenvalue weighted by Crippen LogP contribution is 2.27. The van der Waals surface area contributed by atoms with Crippen molar-refractivity contribution < 1.29 is 22.4 Å². The first kappa shape index (κ1) is 17.0. The Morgan fingerprint density at radius 2 is 2.04 bits per heavy atom. The number of anilines is 1. The molecule has 0 aliphatic rings. The Kier molecular flexibility index (Phi) is 5.04. The summed E-state index contributed by atoms with van der Waals surface area (Å²) in [6, 6.07) is 5.46. The number of halogens is 4. The number of thioether (sulfide) groups is 1. The third kappa shape index (κ3) is 5.09. The van der Waals surface area contributed by atoms with Crippen LogP contribution in [0.4, 0.5) is 23.2 Å². The Morgan fingerprint density at radius 3 is 2.70 bits per heavy atom. The average molecular weight is 347 g/mol. The van der Waals surface area contributed by atoms with Gasteiger partial charge in [0.05, 0.1) is 5.75 Å². The minimum Gasteiger partial charge on any atom is -0.325 e. The van der Waals surface area contributed by atoms with Gasteiger partial charge in [-0.15, -0.1) is 0 Å². The quantitative estimate of drug-likeness (QED) is 0.507. The van der Waals surface area contributed by atoms with Crippen LogP contribution in [0.25, 0.3) is 0 Å². The Balaban J connectivity index is 2.02. The predicted octanol–water partition coefficient (Wildman–Crippen LogP) is 2.66. The van der Waals surface area contributed by atoms with E-state index in [1.165, 1.54) is 18.2 Å². The minimum absolute atomic E-state index is 0.209. The van der Waals surface area contributed by atoms with Crippen LogP contribution in [0.15, 0.2) is 40.3 Å². The highest BCUT2D eigenvalue weighted by molar-refractivity contribution is 7.99. The minimum atomic E-state index is -4.76. The van der Waals surface area contributed by atoms with E-state index in [0.29, 0.717) is 17.8 Å². The molecule has 0 unspecified atom stereocenters. The molecule has 0 aliphatic carbocycles. The Bertz CT molecular complexity index is 776. The van der Waals surface area contributed by atoms with Gasteiger partial charge in [-0.3, -0.25) is 9.59 Å². The van der Waals surface area contributed by atoms with E-state index >= 15 is 0 Å². The summed E-state index contributed by atoms with van der Waals surface area (Å²) in [4.78, 5) is 28.2. The predicted molar refractivity (Wildman–Crippen MR) is 75.6 cm³/mol. The number of alkyl halides is 3. The van der Waals surface area contributed by atoms with Gasteiger partial charge in [0.1, 0.15) is 5.82 Å². The second-order valence-corrected chi connectivity index (χ2v) is 5.24. The number of carbonyl (C=O) groups is 1. The van der Waals surface area contributed by atoms with Crippen LogP contribution in [0.5, 0.6) is 0 Å². The van der Waals surface area contributed by atoms with Gasteiger partial charge < -0.3 is 10.3 Å². The van der Waals surface area contributed by atoms with Crippen molar-refractivity contribution in [3.8, 4) is 0 Å². The molecule has 2 aromatic rings. The lowest BCUT2D eigenvalue weighted by Gasteiger charge is -2.07. The van der Waals surface area contributed by atoms with Gasteiger partial charge in [-0.2, -0.15) is 13.2 Å². The van der Waals surface area contributed by atoms with Crippen LogP contribution < -0.4 is 10.9 Å². The number of carbonyl (C=O) groups excluding carboxylic acids is 1. The summed E-state index contributed by atoms with van der Waals surface area (Å²) in [6.45, 7) is 0. The molecular formula is C13H9F4N3O2S. The molecule has 0 bridgehead atoms. The maximum atomic E-state index is 13.0. The van der Waals surface area contributed by atoms with E-state index in [9.17, 15) is 27.2 Å². The monoisotopic (exact) mass is 347 g/mol.